The Morgan fingerprint density at radius 2 is 2.17 bits per heavy atom. The van der Waals surface area contributed by atoms with Crippen molar-refractivity contribution in [3.63, 3.8) is 0 Å². The lowest BCUT2D eigenvalue weighted by Gasteiger charge is -2.26. The number of carbonyl (C=O) groups is 1. The Labute approximate surface area is 144 Å². The zero-order valence-electron chi connectivity index (χ0n) is 12.5. The maximum Gasteiger partial charge on any atom is 0.222 e. The molecule has 5 nitrogen and oxygen atoms in total. The van der Waals surface area contributed by atoms with Gasteiger partial charge in [-0.3, -0.25) is 4.79 Å². The number of hydrogen-bond acceptors (Lipinski definition) is 5. The monoisotopic (exact) mass is 348 g/mol. The number of nitrogens with zero attached hydrogens (tertiary/aromatic N) is 2. The number of rotatable bonds is 5. The molecule has 3 rings (SSSR count). The van der Waals surface area contributed by atoms with Crippen molar-refractivity contribution < 1.29 is 4.79 Å². The van der Waals surface area contributed by atoms with Crippen molar-refractivity contribution in [1.82, 2.24) is 15.3 Å². The summed E-state index contributed by atoms with van der Waals surface area (Å²) in [4.78, 5) is 21.5. The van der Waals surface area contributed by atoms with E-state index in [4.69, 9.17) is 11.6 Å². The molecule has 1 unspecified atom stereocenters. The average Bonchev–Trinajstić information content (AvgIpc) is 2.56. The van der Waals surface area contributed by atoms with Crippen LogP contribution in [-0.2, 0) is 4.79 Å². The van der Waals surface area contributed by atoms with E-state index in [1.54, 1.807) is 30.2 Å². The molecule has 0 saturated heterocycles. The highest BCUT2D eigenvalue weighted by atomic mass is 35.5. The van der Waals surface area contributed by atoms with Crippen molar-refractivity contribution in [3.05, 3.63) is 47.2 Å². The molecular weight excluding hydrogens is 332 g/mol. The zero-order valence-corrected chi connectivity index (χ0v) is 14.0. The van der Waals surface area contributed by atoms with E-state index in [1.165, 1.54) is 4.90 Å². The van der Waals surface area contributed by atoms with Crippen LogP contribution in [0.1, 0.15) is 24.4 Å². The largest absolute Gasteiger partial charge is 0.354 e. The first kappa shape index (κ1) is 16.1. The van der Waals surface area contributed by atoms with Crippen LogP contribution in [0.5, 0.6) is 0 Å². The molecule has 2 heterocycles. The van der Waals surface area contributed by atoms with E-state index in [0.29, 0.717) is 23.9 Å². The van der Waals surface area contributed by atoms with E-state index in [1.807, 2.05) is 18.2 Å². The second-order valence-corrected chi connectivity index (χ2v) is 6.76. The van der Waals surface area contributed by atoms with Crippen molar-refractivity contribution in [1.29, 1.82) is 0 Å². The molecule has 1 atom stereocenters. The molecule has 0 aliphatic carbocycles. The maximum atomic E-state index is 12.2. The number of aromatic nitrogens is 2. The first-order chi connectivity index (χ1) is 11.2. The highest BCUT2D eigenvalue weighted by Crippen LogP contribution is 2.37. The van der Waals surface area contributed by atoms with Crippen molar-refractivity contribution in [2.45, 2.75) is 23.8 Å². The molecule has 1 aromatic heterocycles. The van der Waals surface area contributed by atoms with Gasteiger partial charge < -0.3 is 10.6 Å². The molecule has 2 N–H and O–H groups in total. The molecule has 0 spiro atoms. The molecule has 0 fully saturated rings. The van der Waals surface area contributed by atoms with Crippen molar-refractivity contribution in [2.75, 3.05) is 17.6 Å². The topological polar surface area (TPSA) is 66.9 Å². The molecule has 1 aliphatic heterocycles. The maximum absolute atomic E-state index is 12.2. The SMILES string of the molecule is O=C(CCNc1ncccn1)NC1CCSc2ccc(Cl)cc21. The molecule has 120 valence electrons. The second kappa shape index (κ2) is 7.66. The number of fused-ring (bicyclic) bond motifs is 1. The van der Waals surface area contributed by atoms with Gasteiger partial charge in [0.05, 0.1) is 6.04 Å². The predicted molar refractivity (Wildman–Crippen MR) is 92.8 cm³/mol. The first-order valence-corrected chi connectivity index (χ1v) is 8.81. The van der Waals surface area contributed by atoms with Gasteiger partial charge >= 0.3 is 0 Å². The Hall–Kier alpha value is -1.79. The van der Waals surface area contributed by atoms with Crippen LogP contribution in [-0.4, -0.2) is 28.2 Å². The fraction of sp³-hybridized carbons (Fsp3) is 0.312. The molecule has 0 saturated carbocycles. The van der Waals surface area contributed by atoms with Gasteiger partial charge in [-0.25, -0.2) is 9.97 Å². The summed E-state index contributed by atoms with van der Waals surface area (Å²) in [6, 6.07) is 7.65. The first-order valence-electron chi connectivity index (χ1n) is 7.45. The summed E-state index contributed by atoms with van der Waals surface area (Å²) in [6.07, 6.45) is 4.61. The molecule has 0 bridgehead atoms. The minimum atomic E-state index is 0.0104. The Morgan fingerprint density at radius 1 is 1.35 bits per heavy atom. The quantitative estimate of drug-likeness (QED) is 0.868. The van der Waals surface area contributed by atoms with E-state index in [2.05, 4.69) is 20.6 Å². The van der Waals surface area contributed by atoms with Gasteiger partial charge in [-0.2, -0.15) is 0 Å². The molecular formula is C16H17ClN4OS. The van der Waals surface area contributed by atoms with Gasteiger partial charge in [0.2, 0.25) is 11.9 Å². The van der Waals surface area contributed by atoms with Crippen molar-refractivity contribution in [3.8, 4) is 0 Å². The van der Waals surface area contributed by atoms with Gasteiger partial charge in [0.15, 0.2) is 0 Å². The van der Waals surface area contributed by atoms with Gasteiger partial charge in [0, 0.05) is 41.0 Å². The van der Waals surface area contributed by atoms with Crippen LogP contribution in [0.3, 0.4) is 0 Å². The third-order valence-electron chi connectivity index (χ3n) is 3.55. The van der Waals surface area contributed by atoms with Gasteiger partial charge in [0.1, 0.15) is 0 Å². The van der Waals surface area contributed by atoms with Crippen LogP contribution in [0.25, 0.3) is 0 Å². The normalized spacial score (nSPS) is 16.5. The number of benzene rings is 1. The standard InChI is InChI=1S/C16H17ClN4OS/c17-11-2-3-14-12(10-11)13(5-9-23-14)21-15(22)4-8-20-16-18-6-1-7-19-16/h1-3,6-7,10,13H,4-5,8-9H2,(H,21,22)(H,18,19,20). The molecule has 7 heteroatoms. The van der Waals surface area contributed by atoms with E-state index in [-0.39, 0.29) is 11.9 Å². The Kier molecular flexibility index (Phi) is 5.35. The van der Waals surface area contributed by atoms with Gasteiger partial charge in [-0.05, 0) is 36.2 Å². The number of amides is 1. The highest BCUT2D eigenvalue weighted by Gasteiger charge is 2.22. The number of thioether (sulfide) groups is 1. The number of carbonyl (C=O) groups excluding carboxylic acids is 1. The number of anilines is 1. The van der Waals surface area contributed by atoms with Crippen LogP contribution in [0.2, 0.25) is 5.02 Å². The number of nitrogens with one attached hydrogen (secondary N) is 2. The molecule has 1 aliphatic rings. The molecule has 1 aromatic carbocycles. The average molecular weight is 349 g/mol. The summed E-state index contributed by atoms with van der Waals surface area (Å²) >= 11 is 7.89. The third-order valence-corrected chi connectivity index (χ3v) is 4.91. The van der Waals surface area contributed by atoms with E-state index >= 15 is 0 Å². The van der Waals surface area contributed by atoms with Gasteiger partial charge in [0.25, 0.3) is 0 Å². The van der Waals surface area contributed by atoms with Crippen LogP contribution in [0.15, 0.2) is 41.6 Å². The second-order valence-electron chi connectivity index (χ2n) is 5.19. The van der Waals surface area contributed by atoms with Crippen LogP contribution < -0.4 is 10.6 Å². The van der Waals surface area contributed by atoms with Crippen molar-refractivity contribution in [2.24, 2.45) is 0 Å². The Balaban J connectivity index is 1.54. The third kappa shape index (κ3) is 4.36. The van der Waals surface area contributed by atoms with E-state index < -0.39 is 0 Å². The fourth-order valence-corrected chi connectivity index (χ4v) is 3.75. The summed E-state index contributed by atoms with van der Waals surface area (Å²) in [5, 5.41) is 6.83. The smallest absolute Gasteiger partial charge is 0.222 e. The highest BCUT2D eigenvalue weighted by molar-refractivity contribution is 7.99. The lowest BCUT2D eigenvalue weighted by atomic mass is 10.0. The van der Waals surface area contributed by atoms with Crippen molar-refractivity contribution >= 4 is 35.2 Å². The van der Waals surface area contributed by atoms with E-state index in [9.17, 15) is 4.79 Å². The summed E-state index contributed by atoms with van der Waals surface area (Å²) in [6.45, 7) is 0.500. The molecule has 1 amide bonds. The minimum Gasteiger partial charge on any atom is -0.354 e. The summed E-state index contributed by atoms with van der Waals surface area (Å²) in [5.41, 5.74) is 1.11. The molecule has 2 aromatic rings. The molecule has 23 heavy (non-hydrogen) atoms. The van der Waals surface area contributed by atoms with E-state index in [0.717, 1.165) is 17.7 Å². The lowest BCUT2D eigenvalue weighted by Crippen LogP contribution is -2.31. The summed E-state index contributed by atoms with van der Waals surface area (Å²) in [5.74, 6) is 1.54. The van der Waals surface area contributed by atoms with Gasteiger partial charge in [-0.1, -0.05) is 11.6 Å². The Morgan fingerprint density at radius 3 is 3.00 bits per heavy atom. The fourth-order valence-electron chi connectivity index (χ4n) is 2.46. The van der Waals surface area contributed by atoms with Crippen LogP contribution in [0.4, 0.5) is 5.95 Å². The lowest BCUT2D eigenvalue weighted by molar-refractivity contribution is -0.121. The Bertz CT molecular complexity index is 683. The number of hydrogen-bond donors (Lipinski definition) is 2. The number of halogens is 1. The zero-order chi connectivity index (χ0) is 16.1. The van der Waals surface area contributed by atoms with Crippen LogP contribution in [0, 0.1) is 0 Å². The summed E-state index contributed by atoms with van der Waals surface area (Å²) < 4.78 is 0. The minimum absolute atomic E-state index is 0.0104. The predicted octanol–water partition coefficient (Wildman–Crippen LogP) is 3.29. The van der Waals surface area contributed by atoms with Gasteiger partial charge in [-0.15, -0.1) is 11.8 Å². The molecule has 0 radical (unpaired) electrons. The summed E-state index contributed by atoms with van der Waals surface area (Å²) in [7, 11) is 0. The van der Waals surface area contributed by atoms with Crippen LogP contribution >= 0.6 is 23.4 Å².